The zero-order valence-corrected chi connectivity index (χ0v) is 13.5. The predicted octanol–water partition coefficient (Wildman–Crippen LogP) is 2.54. The van der Waals surface area contributed by atoms with Gasteiger partial charge in [-0.25, -0.2) is 0 Å². The summed E-state index contributed by atoms with van der Waals surface area (Å²) in [6.07, 6.45) is 0.0589. The van der Waals surface area contributed by atoms with Gasteiger partial charge in [0.25, 0.3) is 0 Å². The molecule has 2 heterocycles. The second kappa shape index (κ2) is 6.08. The van der Waals surface area contributed by atoms with Crippen LogP contribution in [-0.4, -0.2) is 31.8 Å². The maximum absolute atomic E-state index is 11.9. The highest BCUT2D eigenvalue weighted by atomic mass is 16.7. The predicted molar refractivity (Wildman–Crippen MR) is 85.3 cm³/mol. The van der Waals surface area contributed by atoms with E-state index in [-0.39, 0.29) is 31.7 Å². The third-order valence-electron chi connectivity index (χ3n) is 4.29. The Morgan fingerprint density at radius 1 is 1.04 bits per heavy atom. The van der Waals surface area contributed by atoms with E-state index in [1.165, 1.54) is 13.2 Å². The molecule has 25 heavy (non-hydrogen) atoms. The minimum atomic E-state index is -0.434. The van der Waals surface area contributed by atoms with Gasteiger partial charge in [-0.3, -0.25) is 4.79 Å². The van der Waals surface area contributed by atoms with Crippen LogP contribution < -0.4 is 18.9 Å². The maximum atomic E-state index is 11.9. The lowest BCUT2D eigenvalue weighted by Crippen LogP contribution is -2.10. The zero-order valence-electron chi connectivity index (χ0n) is 13.5. The van der Waals surface area contributed by atoms with E-state index >= 15 is 0 Å². The number of aromatic hydroxyl groups is 1. The van der Waals surface area contributed by atoms with Crippen molar-refractivity contribution >= 4 is 5.97 Å². The molecule has 0 aromatic heterocycles. The third kappa shape index (κ3) is 2.77. The fourth-order valence-corrected chi connectivity index (χ4v) is 3.01. The van der Waals surface area contributed by atoms with Crippen molar-refractivity contribution in [2.24, 2.45) is 0 Å². The van der Waals surface area contributed by atoms with Gasteiger partial charge in [0.1, 0.15) is 5.75 Å². The minimum Gasteiger partial charge on any atom is -0.508 e. The van der Waals surface area contributed by atoms with Crippen molar-refractivity contribution in [1.29, 1.82) is 0 Å². The van der Waals surface area contributed by atoms with Crippen LogP contribution in [0.3, 0.4) is 0 Å². The zero-order chi connectivity index (χ0) is 17.4. The van der Waals surface area contributed by atoms with Gasteiger partial charge < -0.3 is 28.8 Å². The van der Waals surface area contributed by atoms with Gasteiger partial charge in [-0.2, -0.15) is 0 Å². The van der Waals surface area contributed by atoms with Gasteiger partial charge in [0.05, 0.1) is 13.5 Å². The summed E-state index contributed by atoms with van der Waals surface area (Å²) in [6.45, 7) is 0.264. The number of methoxy groups -OCH3 is 1. The van der Waals surface area contributed by atoms with Crippen LogP contribution in [0.25, 0.3) is 0 Å². The van der Waals surface area contributed by atoms with Gasteiger partial charge in [0.2, 0.25) is 13.6 Å². The fourth-order valence-electron chi connectivity index (χ4n) is 3.01. The number of esters is 1. The fraction of sp³-hybridized carbons (Fsp3) is 0.278. The Kier molecular flexibility index (Phi) is 3.76. The SMILES string of the molecule is COC(=O)C[C@H](c1ccc2c(c1)OCO2)c1cc2c(cc1O)OCO2. The molecule has 0 amide bonds. The summed E-state index contributed by atoms with van der Waals surface area (Å²) in [5.74, 6) is 1.46. The van der Waals surface area contributed by atoms with Gasteiger partial charge in [-0.15, -0.1) is 0 Å². The van der Waals surface area contributed by atoms with E-state index in [0.29, 0.717) is 28.6 Å². The monoisotopic (exact) mass is 344 g/mol. The van der Waals surface area contributed by atoms with E-state index in [4.69, 9.17) is 23.7 Å². The lowest BCUT2D eigenvalue weighted by atomic mass is 9.87. The molecular weight excluding hydrogens is 328 g/mol. The van der Waals surface area contributed by atoms with E-state index < -0.39 is 5.92 Å². The molecule has 1 atom stereocenters. The van der Waals surface area contributed by atoms with Crippen LogP contribution >= 0.6 is 0 Å². The molecular formula is C18H16O7. The van der Waals surface area contributed by atoms with E-state index in [2.05, 4.69) is 0 Å². The summed E-state index contributed by atoms with van der Waals surface area (Å²) in [4.78, 5) is 11.9. The summed E-state index contributed by atoms with van der Waals surface area (Å²) in [7, 11) is 1.33. The Morgan fingerprint density at radius 2 is 1.68 bits per heavy atom. The molecule has 0 saturated heterocycles. The van der Waals surface area contributed by atoms with Gasteiger partial charge in [-0.05, 0) is 23.8 Å². The van der Waals surface area contributed by atoms with Gasteiger partial charge in [0.15, 0.2) is 23.0 Å². The number of rotatable bonds is 4. The molecule has 4 rings (SSSR count). The summed E-state index contributed by atoms with van der Waals surface area (Å²) >= 11 is 0. The third-order valence-corrected chi connectivity index (χ3v) is 4.29. The summed E-state index contributed by atoms with van der Waals surface area (Å²) in [5, 5.41) is 10.4. The highest BCUT2D eigenvalue weighted by molar-refractivity contribution is 5.72. The number of hydrogen-bond donors (Lipinski definition) is 1. The second-order valence-corrected chi connectivity index (χ2v) is 5.71. The minimum absolute atomic E-state index is 0.0239. The molecule has 0 spiro atoms. The standard InChI is InChI=1S/C18H16O7/c1-21-18(20)6-11(10-2-3-14-15(4-10)23-8-22-14)12-5-16-17(7-13(12)19)25-9-24-16/h2-5,7,11,19H,6,8-9H2,1H3/t11-/m1/s1. The highest BCUT2D eigenvalue weighted by Gasteiger charge is 2.27. The first-order valence-electron chi connectivity index (χ1n) is 7.74. The lowest BCUT2D eigenvalue weighted by molar-refractivity contribution is -0.140. The van der Waals surface area contributed by atoms with E-state index in [9.17, 15) is 9.90 Å². The molecule has 7 nitrogen and oxygen atoms in total. The molecule has 2 aromatic carbocycles. The largest absolute Gasteiger partial charge is 0.508 e. The Balaban J connectivity index is 1.77. The molecule has 130 valence electrons. The average Bonchev–Trinajstić information content (AvgIpc) is 3.26. The maximum Gasteiger partial charge on any atom is 0.306 e. The number of fused-ring (bicyclic) bond motifs is 2. The van der Waals surface area contributed by atoms with Crippen LogP contribution in [0.15, 0.2) is 30.3 Å². The number of carbonyl (C=O) groups is 1. The lowest BCUT2D eigenvalue weighted by Gasteiger charge is -2.19. The van der Waals surface area contributed by atoms with Gasteiger partial charge in [0, 0.05) is 17.5 Å². The first-order valence-corrected chi connectivity index (χ1v) is 7.74. The first-order chi connectivity index (χ1) is 12.2. The van der Waals surface area contributed by atoms with Crippen LogP contribution in [0.2, 0.25) is 0 Å². The molecule has 0 aliphatic carbocycles. The van der Waals surface area contributed by atoms with Crippen molar-refractivity contribution in [3.63, 3.8) is 0 Å². The summed E-state index contributed by atoms with van der Waals surface area (Å²) in [5.41, 5.74) is 1.34. The topological polar surface area (TPSA) is 83.5 Å². The van der Waals surface area contributed by atoms with Crippen molar-refractivity contribution in [2.75, 3.05) is 20.7 Å². The molecule has 0 unspecified atom stereocenters. The van der Waals surface area contributed by atoms with Crippen LogP contribution in [0.5, 0.6) is 28.7 Å². The Labute approximate surface area is 143 Å². The van der Waals surface area contributed by atoms with Gasteiger partial charge in [-0.1, -0.05) is 6.07 Å². The summed E-state index contributed by atoms with van der Waals surface area (Å²) in [6, 6.07) is 8.61. The molecule has 1 N–H and O–H groups in total. The van der Waals surface area contributed by atoms with Crippen LogP contribution in [0.4, 0.5) is 0 Å². The quantitative estimate of drug-likeness (QED) is 0.853. The number of carbonyl (C=O) groups excluding carboxylic acids is 1. The van der Waals surface area contributed by atoms with Crippen LogP contribution in [0, 0.1) is 0 Å². The molecule has 2 aliphatic rings. The second-order valence-electron chi connectivity index (χ2n) is 5.71. The molecule has 0 fully saturated rings. The van der Waals surface area contributed by atoms with Crippen molar-refractivity contribution < 1.29 is 33.6 Å². The van der Waals surface area contributed by atoms with Crippen molar-refractivity contribution in [1.82, 2.24) is 0 Å². The molecule has 2 aromatic rings. The molecule has 7 heteroatoms. The summed E-state index contributed by atoms with van der Waals surface area (Å²) < 4.78 is 26.2. The molecule has 2 aliphatic heterocycles. The van der Waals surface area contributed by atoms with Gasteiger partial charge >= 0.3 is 5.97 Å². The van der Waals surface area contributed by atoms with Crippen molar-refractivity contribution in [3.05, 3.63) is 41.5 Å². The highest BCUT2D eigenvalue weighted by Crippen LogP contribution is 2.44. The molecule has 0 saturated carbocycles. The van der Waals surface area contributed by atoms with Crippen molar-refractivity contribution in [3.8, 4) is 28.7 Å². The van der Waals surface area contributed by atoms with Crippen LogP contribution in [0.1, 0.15) is 23.5 Å². The van der Waals surface area contributed by atoms with Crippen molar-refractivity contribution in [2.45, 2.75) is 12.3 Å². The molecule has 0 bridgehead atoms. The number of hydrogen-bond acceptors (Lipinski definition) is 7. The number of phenolic OH excluding ortho intramolecular Hbond substituents is 1. The molecule has 0 radical (unpaired) electrons. The average molecular weight is 344 g/mol. The Hall–Kier alpha value is -3.09. The van der Waals surface area contributed by atoms with E-state index in [0.717, 1.165) is 5.56 Å². The smallest absolute Gasteiger partial charge is 0.306 e. The number of phenols is 1. The number of benzene rings is 2. The van der Waals surface area contributed by atoms with Crippen LogP contribution in [-0.2, 0) is 9.53 Å². The first kappa shape index (κ1) is 15.4. The Bertz CT molecular complexity index is 830. The number of ether oxygens (including phenoxy) is 5. The van der Waals surface area contributed by atoms with E-state index in [1.807, 2.05) is 6.07 Å². The van der Waals surface area contributed by atoms with E-state index in [1.54, 1.807) is 18.2 Å². The Morgan fingerprint density at radius 3 is 2.40 bits per heavy atom. The normalized spacial score (nSPS) is 15.1.